The second kappa shape index (κ2) is 8.26. The summed E-state index contributed by atoms with van der Waals surface area (Å²) in [5, 5.41) is 13.3. The van der Waals surface area contributed by atoms with Gasteiger partial charge in [0.1, 0.15) is 5.75 Å². The maximum Gasteiger partial charge on any atom is 0.271 e. The van der Waals surface area contributed by atoms with Gasteiger partial charge in [0.15, 0.2) is 0 Å². The van der Waals surface area contributed by atoms with Crippen molar-refractivity contribution in [3.63, 3.8) is 0 Å². The highest BCUT2D eigenvalue weighted by molar-refractivity contribution is 9.10. The number of anilines is 1. The second-order valence-corrected chi connectivity index (χ2v) is 5.66. The highest BCUT2D eigenvalue weighted by atomic mass is 79.9. The quantitative estimate of drug-likeness (QED) is 0.449. The van der Waals surface area contributed by atoms with E-state index < -0.39 is 10.8 Å². The highest BCUT2D eigenvalue weighted by Gasteiger charge is 2.07. The lowest BCUT2D eigenvalue weighted by molar-refractivity contribution is -0.384. The predicted molar refractivity (Wildman–Crippen MR) is 96.1 cm³/mol. The maximum atomic E-state index is 12.0. The van der Waals surface area contributed by atoms with Gasteiger partial charge in [-0.05, 0) is 37.3 Å². The van der Waals surface area contributed by atoms with E-state index in [0.29, 0.717) is 18.0 Å². The van der Waals surface area contributed by atoms with Crippen LogP contribution in [-0.4, -0.2) is 17.4 Å². The van der Waals surface area contributed by atoms with Gasteiger partial charge in [0.25, 0.3) is 5.69 Å². The summed E-state index contributed by atoms with van der Waals surface area (Å²) in [7, 11) is 0. The van der Waals surface area contributed by atoms with Gasteiger partial charge in [-0.15, -0.1) is 0 Å². The number of nitrogens with one attached hydrogen (secondary N) is 1. The van der Waals surface area contributed by atoms with Crippen LogP contribution in [0.1, 0.15) is 12.5 Å². The zero-order chi connectivity index (χ0) is 17.5. The zero-order valence-corrected chi connectivity index (χ0v) is 14.4. The molecule has 6 nitrogen and oxygen atoms in total. The van der Waals surface area contributed by atoms with Crippen molar-refractivity contribution >= 4 is 39.3 Å². The minimum atomic E-state index is -0.513. The molecule has 0 spiro atoms. The van der Waals surface area contributed by atoms with Crippen molar-refractivity contribution in [2.24, 2.45) is 0 Å². The summed E-state index contributed by atoms with van der Waals surface area (Å²) in [6, 6.07) is 11.3. The summed E-state index contributed by atoms with van der Waals surface area (Å²) in [5.41, 5.74) is 1.03. The van der Waals surface area contributed by atoms with Gasteiger partial charge < -0.3 is 10.1 Å². The topological polar surface area (TPSA) is 81.5 Å². The zero-order valence-electron chi connectivity index (χ0n) is 12.9. The molecule has 0 radical (unpaired) electrons. The lowest BCUT2D eigenvalue weighted by Crippen LogP contribution is -2.08. The fourth-order valence-corrected chi connectivity index (χ4v) is 2.36. The molecule has 0 saturated heterocycles. The van der Waals surface area contributed by atoms with Crippen molar-refractivity contribution in [2.75, 3.05) is 11.9 Å². The number of hydrogen-bond acceptors (Lipinski definition) is 4. The van der Waals surface area contributed by atoms with Crippen LogP contribution >= 0.6 is 15.9 Å². The first-order chi connectivity index (χ1) is 11.5. The Labute approximate surface area is 147 Å². The predicted octanol–water partition coefficient (Wildman–Crippen LogP) is 4.41. The number of amides is 1. The lowest BCUT2D eigenvalue weighted by Gasteiger charge is -2.07. The van der Waals surface area contributed by atoms with E-state index in [1.165, 1.54) is 24.3 Å². The number of benzene rings is 2. The molecule has 2 aromatic carbocycles. The third kappa shape index (κ3) is 4.92. The van der Waals surface area contributed by atoms with Crippen LogP contribution in [0.5, 0.6) is 5.75 Å². The summed E-state index contributed by atoms with van der Waals surface area (Å²) >= 11 is 3.38. The van der Waals surface area contributed by atoms with Crippen LogP contribution in [0.3, 0.4) is 0 Å². The number of nitro benzene ring substituents is 1. The van der Waals surface area contributed by atoms with E-state index >= 15 is 0 Å². The number of rotatable bonds is 6. The minimum absolute atomic E-state index is 0.0811. The number of halogens is 1. The van der Waals surface area contributed by atoms with Crippen LogP contribution in [-0.2, 0) is 4.79 Å². The highest BCUT2D eigenvalue weighted by Crippen LogP contribution is 2.24. The van der Waals surface area contributed by atoms with Crippen LogP contribution < -0.4 is 10.1 Å². The SMILES string of the molecule is CCOc1ccc(Br)cc1/C=C/C(=O)Nc1cccc([N+](=O)[O-])c1. The number of nitrogens with zero attached hydrogens (tertiary/aromatic N) is 1. The van der Waals surface area contributed by atoms with Crippen LogP contribution in [0.2, 0.25) is 0 Å². The molecule has 0 bridgehead atoms. The Bertz CT molecular complexity index is 790. The molecule has 2 rings (SSSR count). The molecule has 124 valence electrons. The van der Waals surface area contributed by atoms with Crippen molar-refractivity contribution in [3.05, 3.63) is 68.7 Å². The summed E-state index contributed by atoms with van der Waals surface area (Å²) in [6.45, 7) is 2.40. The van der Waals surface area contributed by atoms with Gasteiger partial charge in [0.05, 0.1) is 11.5 Å². The fraction of sp³-hybridized carbons (Fsp3) is 0.118. The third-order valence-electron chi connectivity index (χ3n) is 3.01. The molecular formula is C17H15BrN2O4. The van der Waals surface area contributed by atoms with Gasteiger partial charge in [-0.2, -0.15) is 0 Å². The number of ether oxygens (including phenoxy) is 1. The van der Waals surface area contributed by atoms with Gasteiger partial charge in [-0.25, -0.2) is 0 Å². The fourth-order valence-electron chi connectivity index (χ4n) is 1.98. The van der Waals surface area contributed by atoms with Crippen LogP contribution in [0.4, 0.5) is 11.4 Å². The van der Waals surface area contributed by atoms with E-state index in [1.54, 1.807) is 12.1 Å². The van der Waals surface area contributed by atoms with E-state index in [4.69, 9.17) is 4.74 Å². The van der Waals surface area contributed by atoms with E-state index in [9.17, 15) is 14.9 Å². The molecule has 24 heavy (non-hydrogen) atoms. The van der Waals surface area contributed by atoms with Crippen molar-refractivity contribution in [1.29, 1.82) is 0 Å². The van der Waals surface area contributed by atoms with Gasteiger partial charge >= 0.3 is 0 Å². The molecule has 0 fully saturated rings. The minimum Gasteiger partial charge on any atom is -0.493 e. The monoisotopic (exact) mass is 390 g/mol. The normalized spacial score (nSPS) is 10.6. The molecule has 0 heterocycles. The maximum absolute atomic E-state index is 12.0. The molecule has 0 aliphatic rings. The Kier molecular flexibility index (Phi) is 6.08. The van der Waals surface area contributed by atoms with Crippen LogP contribution in [0.25, 0.3) is 6.08 Å². The average molecular weight is 391 g/mol. The molecular weight excluding hydrogens is 376 g/mol. The van der Waals surface area contributed by atoms with Gasteiger partial charge in [0.2, 0.25) is 5.91 Å². The first-order valence-corrected chi connectivity index (χ1v) is 7.94. The summed E-state index contributed by atoms with van der Waals surface area (Å²) in [6.07, 6.45) is 2.98. The molecule has 0 unspecified atom stereocenters. The van der Waals surface area contributed by atoms with Crippen molar-refractivity contribution in [1.82, 2.24) is 0 Å². The molecule has 0 atom stereocenters. The Morgan fingerprint density at radius 3 is 2.83 bits per heavy atom. The van der Waals surface area contributed by atoms with Crippen molar-refractivity contribution < 1.29 is 14.5 Å². The Morgan fingerprint density at radius 2 is 2.12 bits per heavy atom. The molecule has 2 aromatic rings. The van der Waals surface area contributed by atoms with Crippen LogP contribution in [0.15, 0.2) is 53.0 Å². The van der Waals surface area contributed by atoms with E-state index in [0.717, 1.165) is 10.0 Å². The van der Waals surface area contributed by atoms with Gasteiger partial charge in [-0.3, -0.25) is 14.9 Å². The standard InChI is InChI=1S/C17H15BrN2O4/c1-2-24-16-8-7-13(18)10-12(16)6-9-17(21)19-14-4-3-5-15(11-14)20(22)23/h3-11H,2H2,1H3,(H,19,21)/b9-6+. The average Bonchev–Trinajstić information content (AvgIpc) is 2.55. The molecule has 7 heteroatoms. The summed E-state index contributed by atoms with van der Waals surface area (Å²) in [5.74, 6) is 0.276. The smallest absolute Gasteiger partial charge is 0.271 e. The summed E-state index contributed by atoms with van der Waals surface area (Å²) in [4.78, 5) is 22.2. The number of carbonyl (C=O) groups is 1. The largest absolute Gasteiger partial charge is 0.493 e. The van der Waals surface area contributed by atoms with E-state index in [1.807, 2.05) is 25.1 Å². The molecule has 0 aromatic heterocycles. The molecule has 1 N–H and O–H groups in total. The summed E-state index contributed by atoms with van der Waals surface area (Å²) < 4.78 is 6.37. The second-order valence-electron chi connectivity index (χ2n) is 4.75. The number of nitro groups is 1. The molecule has 0 aliphatic carbocycles. The number of non-ortho nitro benzene ring substituents is 1. The Hall–Kier alpha value is -2.67. The third-order valence-corrected chi connectivity index (χ3v) is 3.50. The Balaban J connectivity index is 2.12. The molecule has 0 saturated carbocycles. The van der Waals surface area contributed by atoms with Gasteiger partial charge in [-0.1, -0.05) is 22.0 Å². The van der Waals surface area contributed by atoms with Crippen LogP contribution in [0, 0.1) is 10.1 Å². The van der Waals surface area contributed by atoms with E-state index in [2.05, 4.69) is 21.2 Å². The first-order valence-electron chi connectivity index (χ1n) is 7.15. The first kappa shape index (κ1) is 17.7. The molecule has 0 aliphatic heterocycles. The van der Waals surface area contributed by atoms with Crippen molar-refractivity contribution in [2.45, 2.75) is 6.92 Å². The molecule has 1 amide bonds. The number of carbonyl (C=O) groups excluding carboxylic acids is 1. The van der Waals surface area contributed by atoms with Gasteiger partial charge in [0, 0.05) is 33.9 Å². The Morgan fingerprint density at radius 1 is 1.33 bits per heavy atom. The lowest BCUT2D eigenvalue weighted by atomic mass is 10.2. The van der Waals surface area contributed by atoms with Crippen molar-refractivity contribution in [3.8, 4) is 5.75 Å². The van der Waals surface area contributed by atoms with E-state index in [-0.39, 0.29) is 5.69 Å². The number of hydrogen-bond donors (Lipinski definition) is 1.